The van der Waals surface area contributed by atoms with E-state index in [9.17, 15) is 4.79 Å². The first-order chi connectivity index (χ1) is 12.0. The zero-order chi connectivity index (χ0) is 17.8. The van der Waals surface area contributed by atoms with Crippen molar-refractivity contribution in [1.29, 1.82) is 0 Å². The summed E-state index contributed by atoms with van der Waals surface area (Å²) in [6.45, 7) is 3.13. The Balaban J connectivity index is 1.58. The van der Waals surface area contributed by atoms with Crippen molar-refractivity contribution in [3.8, 4) is 11.5 Å². The van der Waals surface area contributed by atoms with Crippen LogP contribution in [0.1, 0.15) is 5.56 Å². The third-order valence-electron chi connectivity index (χ3n) is 3.88. The number of carbonyl (C=O) groups is 1. The van der Waals surface area contributed by atoms with Crippen LogP contribution in [0.3, 0.4) is 0 Å². The lowest BCUT2D eigenvalue weighted by atomic mass is 10.1. The minimum atomic E-state index is -0.0272. The number of carbonyl (C=O) groups excluding carboxylic acids is 1. The van der Waals surface area contributed by atoms with Gasteiger partial charge in [-0.2, -0.15) is 0 Å². The molecule has 0 saturated heterocycles. The Morgan fingerprint density at radius 2 is 1.88 bits per heavy atom. The molecule has 0 aromatic heterocycles. The first-order valence-electron chi connectivity index (χ1n) is 8.13. The van der Waals surface area contributed by atoms with E-state index in [1.807, 2.05) is 56.3 Å². The SMILES string of the molecule is Cc1cc(N(C)C)ccc1NC(=O)CSc1ccc2c(c1)OCCO2. The highest BCUT2D eigenvalue weighted by atomic mass is 32.2. The zero-order valence-corrected chi connectivity index (χ0v) is 15.5. The third kappa shape index (κ3) is 4.39. The summed E-state index contributed by atoms with van der Waals surface area (Å²) in [7, 11) is 3.99. The highest BCUT2D eigenvalue weighted by Crippen LogP contribution is 2.34. The van der Waals surface area contributed by atoms with Gasteiger partial charge in [0.05, 0.1) is 5.75 Å². The average molecular weight is 358 g/mol. The van der Waals surface area contributed by atoms with E-state index in [1.54, 1.807) is 0 Å². The largest absolute Gasteiger partial charge is 0.486 e. The van der Waals surface area contributed by atoms with E-state index in [-0.39, 0.29) is 5.91 Å². The predicted molar refractivity (Wildman–Crippen MR) is 102 cm³/mol. The molecule has 0 bridgehead atoms. The molecule has 1 N–H and O–H groups in total. The fourth-order valence-electron chi connectivity index (χ4n) is 2.51. The number of rotatable bonds is 5. The second-order valence-corrected chi connectivity index (χ2v) is 7.08. The number of nitrogens with one attached hydrogen (secondary N) is 1. The number of benzene rings is 2. The molecule has 1 aliphatic heterocycles. The second-order valence-electron chi connectivity index (χ2n) is 6.04. The molecule has 0 atom stereocenters. The predicted octanol–water partition coefficient (Wildman–Crippen LogP) is 3.56. The van der Waals surface area contributed by atoms with Crippen molar-refractivity contribution in [3.05, 3.63) is 42.0 Å². The van der Waals surface area contributed by atoms with Crippen LogP contribution in [0.2, 0.25) is 0 Å². The summed E-state index contributed by atoms with van der Waals surface area (Å²) in [5.41, 5.74) is 3.00. The molecule has 1 heterocycles. The lowest BCUT2D eigenvalue weighted by Gasteiger charge is -2.18. The molecule has 2 aromatic carbocycles. The van der Waals surface area contributed by atoms with Crippen LogP contribution in [0.5, 0.6) is 11.5 Å². The fourth-order valence-corrected chi connectivity index (χ4v) is 3.24. The van der Waals surface area contributed by atoms with Crippen LogP contribution in [-0.2, 0) is 4.79 Å². The number of hydrogen-bond donors (Lipinski definition) is 1. The summed E-state index contributed by atoms with van der Waals surface area (Å²) in [5.74, 6) is 1.82. The molecule has 0 saturated carbocycles. The van der Waals surface area contributed by atoms with Gasteiger partial charge in [0.2, 0.25) is 5.91 Å². The van der Waals surface area contributed by atoms with Crippen molar-refractivity contribution in [3.63, 3.8) is 0 Å². The van der Waals surface area contributed by atoms with Crippen LogP contribution >= 0.6 is 11.8 Å². The van der Waals surface area contributed by atoms with Gasteiger partial charge in [0.15, 0.2) is 11.5 Å². The minimum absolute atomic E-state index is 0.0272. The number of aryl methyl sites for hydroxylation is 1. The van der Waals surface area contributed by atoms with Crippen molar-refractivity contribution < 1.29 is 14.3 Å². The molecule has 3 rings (SSSR count). The molecule has 25 heavy (non-hydrogen) atoms. The van der Waals surface area contributed by atoms with Crippen LogP contribution in [0.25, 0.3) is 0 Å². The van der Waals surface area contributed by atoms with E-state index in [2.05, 4.69) is 11.4 Å². The number of amides is 1. The molecule has 0 aliphatic carbocycles. The van der Waals surface area contributed by atoms with Gasteiger partial charge >= 0.3 is 0 Å². The molecular weight excluding hydrogens is 336 g/mol. The Morgan fingerprint density at radius 3 is 2.60 bits per heavy atom. The summed E-state index contributed by atoms with van der Waals surface area (Å²) in [6.07, 6.45) is 0. The standard InChI is InChI=1S/C19H22N2O3S/c1-13-10-14(21(2)3)4-6-16(13)20-19(22)12-25-15-5-7-17-18(11-15)24-9-8-23-17/h4-7,10-11H,8-9,12H2,1-3H3,(H,20,22). The topological polar surface area (TPSA) is 50.8 Å². The summed E-state index contributed by atoms with van der Waals surface area (Å²) in [5, 5.41) is 2.97. The van der Waals surface area contributed by atoms with Crippen LogP contribution in [0.4, 0.5) is 11.4 Å². The zero-order valence-electron chi connectivity index (χ0n) is 14.7. The molecule has 132 valence electrons. The fraction of sp³-hybridized carbons (Fsp3) is 0.316. The van der Waals surface area contributed by atoms with E-state index in [0.29, 0.717) is 19.0 Å². The van der Waals surface area contributed by atoms with Crippen molar-refractivity contribution >= 4 is 29.0 Å². The molecular formula is C19H22N2O3S. The van der Waals surface area contributed by atoms with Gasteiger partial charge in [0.25, 0.3) is 0 Å². The summed E-state index contributed by atoms with van der Waals surface area (Å²) >= 11 is 1.48. The summed E-state index contributed by atoms with van der Waals surface area (Å²) < 4.78 is 11.1. The number of hydrogen-bond acceptors (Lipinski definition) is 5. The maximum Gasteiger partial charge on any atom is 0.234 e. The first kappa shape index (κ1) is 17.5. The van der Waals surface area contributed by atoms with Gasteiger partial charge in [-0.05, 0) is 48.9 Å². The van der Waals surface area contributed by atoms with Crippen LogP contribution in [-0.4, -0.2) is 39.0 Å². The first-order valence-corrected chi connectivity index (χ1v) is 9.12. The molecule has 0 unspecified atom stereocenters. The molecule has 5 nitrogen and oxygen atoms in total. The summed E-state index contributed by atoms with van der Waals surface area (Å²) in [4.78, 5) is 15.3. The van der Waals surface area contributed by atoms with Crippen LogP contribution < -0.4 is 19.7 Å². The van der Waals surface area contributed by atoms with Gasteiger partial charge in [0, 0.05) is 30.4 Å². The van der Waals surface area contributed by atoms with E-state index in [4.69, 9.17) is 9.47 Å². The monoisotopic (exact) mass is 358 g/mol. The Hall–Kier alpha value is -2.34. The van der Waals surface area contributed by atoms with E-state index in [1.165, 1.54) is 11.8 Å². The normalized spacial score (nSPS) is 12.6. The van der Waals surface area contributed by atoms with Crippen molar-refractivity contribution in [2.75, 3.05) is 43.3 Å². The van der Waals surface area contributed by atoms with Gasteiger partial charge < -0.3 is 19.7 Å². The lowest BCUT2D eigenvalue weighted by Crippen LogP contribution is -2.16. The Morgan fingerprint density at radius 1 is 1.12 bits per heavy atom. The van der Waals surface area contributed by atoms with Gasteiger partial charge in [-0.25, -0.2) is 0 Å². The molecule has 1 aliphatic rings. The number of anilines is 2. The molecule has 2 aromatic rings. The van der Waals surface area contributed by atoms with Crippen molar-refractivity contribution in [2.45, 2.75) is 11.8 Å². The smallest absolute Gasteiger partial charge is 0.234 e. The van der Waals surface area contributed by atoms with Crippen LogP contribution in [0, 0.1) is 6.92 Å². The van der Waals surface area contributed by atoms with Gasteiger partial charge in [0.1, 0.15) is 13.2 Å². The average Bonchev–Trinajstić information content (AvgIpc) is 2.61. The molecule has 0 fully saturated rings. The summed E-state index contributed by atoms with van der Waals surface area (Å²) in [6, 6.07) is 11.8. The third-order valence-corrected chi connectivity index (χ3v) is 4.88. The highest BCUT2D eigenvalue weighted by molar-refractivity contribution is 8.00. The van der Waals surface area contributed by atoms with Gasteiger partial charge in [-0.1, -0.05) is 0 Å². The van der Waals surface area contributed by atoms with E-state index >= 15 is 0 Å². The maximum atomic E-state index is 12.2. The minimum Gasteiger partial charge on any atom is -0.486 e. The molecule has 6 heteroatoms. The van der Waals surface area contributed by atoms with Gasteiger partial charge in [-0.15, -0.1) is 11.8 Å². The Labute approximate surface area is 152 Å². The number of fused-ring (bicyclic) bond motifs is 1. The number of thioether (sulfide) groups is 1. The second kappa shape index (κ2) is 7.70. The van der Waals surface area contributed by atoms with E-state index < -0.39 is 0 Å². The Kier molecular flexibility index (Phi) is 5.38. The van der Waals surface area contributed by atoms with Crippen molar-refractivity contribution in [2.24, 2.45) is 0 Å². The number of ether oxygens (including phenoxy) is 2. The Bertz CT molecular complexity index is 777. The van der Waals surface area contributed by atoms with E-state index in [0.717, 1.165) is 33.3 Å². The quantitative estimate of drug-likeness (QED) is 0.828. The van der Waals surface area contributed by atoms with Crippen molar-refractivity contribution in [1.82, 2.24) is 0 Å². The number of nitrogens with zero attached hydrogens (tertiary/aromatic N) is 1. The molecule has 0 spiro atoms. The lowest BCUT2D eigenvalue weighted by molar-refractivity contribution is -0.113. The molecule has 0 radical (unpaired) electrons. The van der Waals surface area contributed by atoms with Gasteiger partial charge in [-0.3, -0.25) is 4.79 Å². The van der Waals surface area contributed by atoms with Crippen LogP contribution in [0.15, 0.2) is 41.3 Å². The molecule has 1 amide bonds. The highest BCUT2D eigenvalue weighted by Gasteiger charge is 2.13. The maximum absolute atomic E-state index is 12.2.